The van der Waals surface area contributed by atoms with Crippen LogP contribution in [0.15, 0.2) is 4.99 Å². The summed E-state index contributed by atoms with van der Waals surface area (Å²) < 4.78 is 0. The topological polar surface area (TPSA) is 12.4 Å². The lowest BCUT2D eigenvalue weighted by molar-refractivity contribution is 1.59. The van der Waals surface area contributed by atoms with E-state index in [1.54, 1.807) is 11.8 Å². The Kier molecular flexibility index (Phi) is 0.937. The highest BCUT2D eigenvalue weighted by atomic mass is 32.2. The van der Waals surface area contributed by atoms with Crippen molar-refractivity contribution in [2.45, 2.75) is 0 Å². The average molecular weight is 85.1 g/mol. The van der Waals surface area contributed by atoms with Gasteiger partial charge >= 0.3 is 0 Å². The maximum Gasteiger partial charge on any atom is 0.181 e. The summed E-state index contributed by atoms with van der Waals surface area (Å²) in [4.78, 5) is 3.67. The molecule has 0 saturated carbocycles. The number of nitrogens with zero attached hydrogens (tertiary/aromatic N) is 1. The second-order valence-corrected chi connectivity index (χ2v) is 1.52. The first-order valence-corrected chi connectivity index (χ1v) is 2.37. The monoisotopic (exact) mass is 85.0 g/mol. The molecule has 5 heavy (non-hydrogen) atoms. The van der Waals surface area contributed by atoms with Crippen LogP contribution in [0.3, 0.4) is 0 Å². The Balaban J connectivity index is 2.32. The molecule has 0 spiro atoms. The van der Waals surface area contributed by atoms with Gasteiger partial charge in [-0.25, -0.2) is 0 Å². The Morgan fingerprint density at radius 3 is 3.20 bits per heavy atom. The Morgan fingerprint density at radius 1 is 2.00 bits per heavy atom. The molecule has 0 unspecified atom stereocenters. The van der Waals surface area contributed by atoms with E-state index in [-0.39, 0.29) is 0 Å². The predicted octanol–water partition coefficient (Wildman–Crippen LogP) is 0.800. The minimum Gasteiger partial charge on any atom is -0.272 e. The molecule has 2 radical (unpaired) electrons. The number of hydrogen-bond acceptors (Lipinski definition) is 2. The Labute approximate surface area is 35.5 Å². The molecule has 0 bridgehead atoms. The molecule has 1 nitrogen and oxygen atoms in total. The van der Waals surface area contributed by atoms with Crippen molar-refractivity contribution < 1.29 is 0 Å². The van der Waals surface area contributed by atoms with Gasteiger partial charge < -0.3 is 0 Å². The lowest BCUT2D eigenvalue weighted by Crippen LogP contribution is -1.61. The number of thioether (sulfide) groups is 1. The van der Waals surface area contributed by atoms with Crippen LogP contribution in [0.4, 0.5) is 0 Å². The summed E-state index contributed by atoms with van der Waals surface area (Å²) in [5.41, 5.74) is 0. The zero-order valence-electron chi connectivity index (χ0n) is 2.64. The lowest BCUT2D eigenvalue weighted by Gasteiger charge is -1.65. The first-order chi connectivity index (χ1) is 2.50. The van der Waals surface area contributed by atoms with E-state index in [9.17, 15) is 0 Å². The molecule has 0 aromatic heterocycles. The van der Waals surface area contributed by atoms with Crippen LogP contribution in [-0.2, 0) is 0 Å². The maximum atomic E-state index is 3.67. The van der Waals surface area contributed by atoms with Crippen molar-refractivity contribution in [2.75, 3.05) is 5.75 Å². The molecule has 2 heteroatoms. The second kappa shape index (κ2) is 1.45. The van der Waals surface area contributed by atoms with Gasteiger partial charge in [0.15, 0.2) is 5.88 Å². The fraction of sp³-hybridized carbons (Fsp3) is 0.333. The van der Waals surface area contributed by atoms with Gasteiger partial charge in [0.25, 0.3) is 0 Å². The molecule has 0 aromatic rings. The average Bonchev–Trinajstić information content (AvgIpc) is 1.76. The van der Waals surface area contributed by atoms with Gasteiger partial charge in [-0.3, -0.25) is 4.99 Å². The molecule has 0 aromatic carbocycles. The third-order valence-corrected chi connectivity index (χ3v) is 0.917. The van der Waals surface area contributed by atoms with Crippen molar-refractivity contribution >= 4 is 18.0 Å². The third kappa shape index (κ3) is 0.651. The molecule has 0 N–H and O–H groups in total. The molecular weight excluding hydrogens is 82.1 g/mol. The van der Waals surface area contributed by atoms with Crippen molar-refractivity contribution in [1.82, 2.24) is 0 Å². The minimum absolute atomic E-state index is 1.01. The highest BCUT2D eigenvalue weighted by molar-refractivity contribution is 8.02. The van der Waals surface area contributed by atoms with E-state index in [0.717, 1.165) is 5.75 Å². The van der Waals surface area contributed by atoms with E-state index in [0.29, 0.717) is 0 Å². The Morgan fingerprint density at radius 2 is 3.00 bits per heavy atom. The summed E-state index contributed by atoms with van der Waals surface area (Å²) in [7, 11) is 0. The number of hydrogen-bond donors (Lipinski definition) is 0. The van der Waals surface area contributed by atoms with Gasteiger partial charge in [0.05, 0.1) is 0 Å². The Bertz CT molecular complexity index is 44.9. The van der Waals surface area contributed by atoms with Crippen molar-refractivity contribution in [1.29, 1.82) is 0 Å². The van der Waals surface area contributed by atoms with E-state index in [1.807, 2.05) is 6.21 Å². The van der Waals surface area contributed by atoms with Crippen LogP contribution in [0, 0.1) is 5.88 Å². The van der Waals surface area contributed by atoms with Crippen LogP contribution in [0.5, 0.6) is 0 Å². The van der Waals surface area contributed by atoms with E-state index in [4.69, 9.17) is 0 Å². The van der Waals surface area contributed by atoms with Crippen LogP contribution < -0.4 is 0 Å². The molecule has 26 valence electrons. The highest BCUT2D eigenvalue weighted by Crippen LogP contribution is 2.08. The zero-order chi connectivity index (χ0) is 3.54. The summed E-state index contributed by atoms with van der Waals surface area (Å²) in [5.74, 6) is 3.72. The quantitative estimate of drug-likeness (QED) is 0.424. The van der Waals surface area contributed by atoms with Crippen molar-refractivity contribution in [3.63, 3.8) is 0 Å². The fourth-order valence-corrected chi connectivity index (χ4v) is 0.559. The largest absolute Gasteiger partial charge is 0.272 e. The molecule has 1 heterocycles. The summed E-state index contributed by atoms with van der Waals surface area (Å²) in [5, 5.41) is 0. The molecule has 0 atom stereocenters. The minimum atomic E-state index is 1.01. The molecule has 1 aliphatic rings. The SMILES string of the molecule is [C]1N=CCS1. The molecule has 0 amide bonds. The van der Waals surface area contributed by atoms with Gasteiger partial charge in [-0.1, -0.05) is 0 Å². The van der Waals surface area contributed by atoms with E-state index < -0.39 is 0 Å². The van der Waals surface area contributed by atoms with Crippen LogP contribution in [0.25, 0.3) is 0 Å². The van der Waals surface area contributed by atoms with E-state index >= 15 is 0 Å². The zero-order valence-corrected chi connectivity index (χ0v) is 3.46. The lowest BCUT2D eigenvalue weighted by atomic mass is 10.9. The van der Waals surface area contributed by atoms with Gasteiger partial charge in [-0.2, -0.15) is 0 Å². The smallest absolute Gasteiger partial charge is 0.181 e. The van der Waals surface area contributed by atoms with Gasteiger partial charge in [0, 0.05) is 12.0 Å². The third-order valence-electron chi connectivity index (χ3n) is 0.366. The molecular formula is C3H3NS. The molecule has 0 saturated heterocycles. The second-order valence-electron chi connectivity index (χ2n) is 0.714. The summed E-state index contributed by atoms with van der Waals surface area (Å²) in [6.45, 7) is 0. The van der Waals surface area contributed by atoms with Gasteiger partial charge in [-0.15, -0.1) is 11.8 Å². The molecule has 1 rings (SSSR count). The van der Waals surface area contributed by atoms with Crippen LogP contribution in [-0.4, -0.2) is 12.0 Å². The first-order valence-electron chi connectivity index (χ1n) is 1.38. The maximum absolute atomic E-state index is 3.67. The van der Waals surface area contributed by atoms with Crippen LogP contribution >= 0.6 is 11.8 Å². The Hall–Kier alpha value is 0.0200. The van der Waals surface area contributed by atoms with Crippen molar-refractivity contribution in [3.8, 4) is 0 Å². The fourth-order valence-electron chi connectivity index (χ4n) is 0.186. The first kappa shape index (κ1) is 3.22. The normalized spacial score (nSPS) is 20.8. The van der Waals surface area contributed by atoms with Gasteiger partial charge in [-0.05, 0) is 0 Å². The molecule has 0 aliphatic carbocycles. The predicted molar refractivity (Wildman–Crippen MR) is 24.2 cm³/mol. The van der Waals surface area contributed by atoms with Gasteiger partial charge in [0.1, 0.15) is 0 Å². The standard InChI is InChI=1S/C3H3NS/c1-2-5-3-4-1/h1H,2H2. The summed E-state index contributed by atoms with van der Waals surface area (Å²) in [6.07, 6.45) is 1.84. The molecule has 1 aliphatic heterocycles. The van der Waals surface area contributed by atoms with E-state index in [2.05, 4.69) is 10.9 Å². The number of aliphatic imine (C=N–C) groups is 1. The van der Waals surface area contributed by atoms with Gasteiger partial charge in [0.2, 0.25) is 0 Å². The van der Waals surface area contributed by atoms with Crippen molar-refractivity contribution in [2.24, 2.45) is 4.99 Å². The molecule has 0 fully saturated rings. The van der Waals surface area contributed by atoms with Crippen LogP contribution in [0.1, 0.15) is 0 Å². The number of rotatable bonds is 0. The summed E-state index contributed by atoms with van der Waals surface area (Å²) >= 11 is 1.60. The van der Waals surface area contributed by atoms with Crippen molar-refractivity contribution in [3.05, 3.63) is 5.88 Å². The summed E-state index contributed by atoms with van der Waals surface area (Å²) in [6, 6.07) is 0. The van der Waals surface area contributed by atoms with Crippen LogP contribution in [0.2, 0.25) is 0 Å². The highest BCUT2D eigenvalue weighted by Gasteiger charge is 1.88. The van der Waals surface area contributed by atoms with E-state index in [1.165, 1.54) is 0 Å².